The van der Waals surface area contributed by atoms with E-state index in [0.717, 1.165) is 12.8 Å². The average Bonchev–Trinajstić information content (AvgIpc) is 2.30. The fourth-order valence-corrected chi connectivity index (χ4v) is 1.57. The molecular formula is C12H18. The zero-order chi connectivity index (χ0) is 8.81. The molecule has 1 rings (SSSR count). The van der Waals surface area contributed by atoms with Crippen LogP contribution in [0, 0.1) is 0 Å². The maximum Gasteiger partial charge on any atom is -0.0163 e. The molecule has 0 spiro atoms. The lowest BCUT2D eigenvalue weighted by molar-refractivity contribution is 0.906. The van der Waals surface area contributed by atoms with Crippen LogP contribution in [0.4, 0.5) is 0 Å². The van der Waals surface area contributed by atoms with E-state index in [0.29, 0.717) is 0 Å². The summed E-state index contributed by atoms with van der Waals surface area (Å²) < 4.78 is 0. The number of hydrogen-bond acceptors (Lipinski definition) is 0. The molecule has 12 heavy (non-hydrogen) atoms. The van der Waals surface area contributed by atoms with Gasteiger partial charge in [0.2, 0.25) is 0 Å². The van der Waals surface area contributed by atoms with Crippen molar-refractivity contribution in [2.24, 2.45) is 0 Å². The van der Waals surface area contributed by atoms with Crippen molar-refractivity contribution in [2.45, 2.75) is 39.5 Å². The van der Waals surface area contributed by atoms with Crippen LogP contribution in [0.25, 0.3) is 0 Å². The van der Waals surface area contributed by atoms with Crippen molar-refractivity contribution in [3.63, 3.8) is 0 Å². The fourth-order valence-electron chi connectivity index (χ4n) is 1.57. The van der Waals surface area contributed by atoms with E-state index in [-0.39, 0.29) is 0 Å². The Kier molecular flexibility index (Phi) is 3.86. The van der Waals surface area contributed by atoms with E-state index in [4.69, 9.17) is 0 Å². The summed E-state index contributed by atoms with van der Waals surface area (Å²) >= 11 is 0. The standard InChI is InChI=1S/C12H18/c1-3-8-12-10-7-5-6-9-11(12)4-2/h6-7,9-10H,3-5,8H2,1-2H3. The van der Waals surface area contributed by atoms with Crippen LogP contribution >= 0.6 is 0 Å². The summed E-state index contributed by atoms with van der Waals surface area (Å²) in [6, 6.07) is 0. The molecule has 0 radical (unpaired) electrons. The third kappa shape index (κ3) is 2.37. The van der Waals surface area contributed by atoms with Gasteiger partial charge in [0.15, 0.2) is 0 Å². The maximum atomic E-state index is 2.29. The van der Waals surface area contributed by atoms with E-state index in [2.05, 4.69) is 38.2 Å². The summed E-state index contributed by atoms with van der Waals surface area (Å²) in [6.45, 7) is 4.47. The molecule has 0 aromatic carbocycles. The highest BCUT2D eigenvalue weighted by atomic mass is 14.1. The molecule has 1 aliphatic carbocycles. The third-order valence-corrected chi connectivity index (χ3v) is 2.22. The van der Waals surface area contributed by atoms with Crippen molar-refractivity contribution in [3.05, 3.63) is 35.5 Å². The molecule has 0 fully saturated rings. The summed E-state index contributed by atoms with van der Waals surface area (Å²) in [4.78, 5) is 0. The molecule has 0 heterocycles. The smallest absolute Gasteiger partial charge is 0.0163 e. The molecule has 66 valence electrons. The highest BCUT2D eigenvalue weighted by Crippen LogP contribution is 2.19. The Labute approximate surface area is 75.7 Å². The van der Waals surface area contributed by atoms with Crippen LogP contribution in [0.1, 0.15) is 39.5 Å². The van der Waals surface area contributed by atoms with Gasteiger partial charge in [0.05, 0.1) is 0 Å². The fraction of sp³-hybridized carbons (Fsp3) is 0.500. The Hall–Kier alpha value is -0.780. The highest BCUT2D eigenvalue weighted by Gasteiger charge is 1.99. The van der Waals surface area contributed by atoms with Gasteiger partial charge < -0.3 is 0 Å². The number of allylic oxidation sites excluding steroid dienone is 6. The Morgan fingerprint density at radius 3 is 2.33 bits per heavy atom. The van der Waals surface area contributed by atoms with E-state index >= 15 is 0 Å². The molecule has 0 aromatic heterocycles. The first-order valence-corrected chi connectivity index (χ1v) is 4.93. The summed E-state index contributed by atoms with van der Waals surface area (Å²) in [5.41, 5.74) is 3.05. The normalized spacial score (nSPS) is 16.8. The van der Waals surface area contributed by atoms with Gasteiger partial charge in [-0.1, -0.05) is 44.6 Å². The van der Waals surface area contributed by atoms with E-state index < -0.39 is 0 Å². The molecule has 0 N–H and O–H groups in total. The van der Waals surface area contributed by atoms with Crippen molar-refractivity contribution in [1.29, 1.82) is 0 Å². The molecule has 0 heteroatoms. The second-order valence-corrected chi connectivity index (χ2v) is 3.19. The Morgan fingerprint density at radius 1 is 1.08 bits per heavy atom. The Morgan fingerprint density at radius 2 is 1.75 bits per heavy atom. The van der Waals surface area contributed by atoms with Crippen LogP contribution in [0.2, 0.25) is 0 Å². The van der Waals surface area contributed by atoms with Gasteiger partial charge in [-0.05, 0) is 30.4 Å². The van der Waals surface area contributed by atoms with Crippen LogP contribution in [0.5, 0.6) is 0 Å². The van der Waals surface area contributed by atoms with Crippen LogP contribution in [-0.2, 0) is 0 Å². The lowest BCUT2D eigenvalue weighted by Crippen LogP contribution is -1.84. The highest BCUT2D eigenvalue weighted by molar-refractivity contribution is 5.35. The van der Waals surface area contributed by atoms with Gasteiger partial charge in [-0.15, -0.1) is 0 Å². The summed E-state index contributed by atoms with van der Waals surface area (Å²) in [7, 11) is 0. The minimum atomic E-state index is 1.09. The average molecular weight is 162 g/mol. The van der Waals surface area contributed by atoms with Crippen molar-refractivity contribution in [2.75, 3.05) is 0 Å². The molecule has 0 unspecified atom stereocenters. The molecule has 1 aliphatic rings. The Balaban J connectivity index is 2.82. The largest absolute Gasteiger partial charge is 0.0805 e. The number of rotatable bonds is 3. The third-order valence-electron chi connectivity index (χ3n) is 2.22. The zero-order valence-corrected chi connectivity index (χ0v) is 8.14. The minimum absolute atomic E-state index is 1.09. The first-order chi connectivity index (χ1) is 5.88. The molecule has 0 saturated heterocycles. The van der Waals surface area contributed by atoms with Crippen LogP contribution in [0.3, 0.4) is 0 Å². The Bertz CT molecular complexity index is 216. The summed E-state index contributed by atoms with van der Waals surface area (Å²) in [5.74, 6) is 0. The SMILES string of the molecule is CCCC1=C(CC)C=CCC=C1. The van der Waals surface area contributed by atoms with Crippen LogP contribution in [0.15, 0.2) is 35.5 Å². The van der Waals surface area contributed by atoms with E-state index in [1.165, 1.54) is 24.0 Å². The second kappa shape index (κ2) is 4.97. The molecule has 0 atom stereocenters. The molecular weight excluding hydrogens is 144 g/mol. The molecule has 0 nitrogen and oxygen atoms in total. The summed E-state index contributed by atoms with van der Waals surface area (Å²) in [6.07, 6.45) is 13.8. The van der Waals surface area contributed by atoms with Gasteiger partial charge in [0, 0.05) is 0 Å². The van der Waals surface area contributed by atoms with Crippen LogP contribution < -0.4 is 0 Å². The molecule has 0 saturated carbocycles. The second-order valence-electron chi connectivity index (χ2n) is 3.19. The van der Waals surface area contributed by atoms with Crippen molar-refractivity contribution in [3.8, 4) is 0 Å². The molecule has 0 amide bonds. The predicted octanol–water partition coefficient (Wildman–Crippen LogP) is 4.01. The van der Waals surface area contributed by atoms with E-state index in [1.807, 2.05) is 0 Å². The van der Waals surface area contributed by atoms with Gasteiger partial charge in [0.25, 0.3) is 0 Å². The lowest BCUT2D eigenvalue weighted by Gasteiger charge is -2.04. The van der Waals surface area contributed by atoms with E-state index in [9.17, 15) is 0 Å². The van der Waals surface area contributed by atoms with Gasteiger partial charge in [-0.2, -0.15) is 0 Å². The van der Waals surface area contributed by atoms with Gasteiger partial charge >= 0.3 is 0 Å². The van der Waals surface area contributed by atoms with Gasteiger partial charge in [0.1, 0.15) is 0 Å². The van der Waals surface area contributed by atoms with Crippen LogP contribution in [-0.4, -0.2) is 0 Å². The molecule has 0 aliphatic heterocycles. The zero-order valence-electron chi connectivity index (χ0n) is 8.14. The molecule has 0 bridgehead atoms. The van der Waals surface area contributed by atoms with Crippen molar-refractivity contribution >= 4 is 0 Å². The maximum absolute atomic E-state index is 2.29. The lowest BCUT2D eigenvalue weighted by atomic mass is 10.0. The van der Waals surface area contributed by atoms with Crippen molar-refractivity contribution in [1.82, 2.24) is 0 Å². The quantitative estimate of drug-likeness (QED) is 0.588. The summed E-state index contributed by atoms with van der Waals surface area (Å²) in [5, 5.41) is 0. The monoisotopic (exact) mass is 162 g/mol. The topological polar surface area (TPSA) is 0 Å². The first-order valence-electron chi connectivity index (χ1n) is 4.93. The predicted molar refractivity (Wildman–Crippen MR) is 55.1 cm³/mol. The van der Waals surface area contributed by atoms with Crippen molar-refractivity contribution < 1.29 is 0 Å². The first kappa shape index (κ1) is 9.31. The van der Waals surface area contributed by atoms with Gasteiger partial charge in [-0.3, -0.25) is 0 Å². The minimum Gasteiger partial charge on any atom is -0.0805 e. The number of hydrogen-bond donors (Lipinski definition) is 0. The van der Waals surface area contributed by atoms with E-state index in [1.54, 1.807) is 0 Å². The molecule has 0 aromatic rings. The van der Waals surface area contributed by atoms with Gasteiger partial charge in [-0.25, -0.2) is 0 Å².